The number of hydroxylamine groups is 4. The fourth-order valence-electron chi connectivity index (χ4n) is 4.65. The number of rotatable bonds is 6. The van der Waals surface area contributed by atoms with Crippen LogP contribution in [0.1, 0.15) is 68.2 Å². The summed E-state index contributed by atoms with van der Waals surface area (Å²) < 4.78 is 0. The Bertz CT molecular complexity index is 507. The van der Waals surface area contributed by atoms with Gasteiger partial charge in [0.05, 0.1) is 0 Å². The van der Waals surface area contributed by atoms with Gasteiger partial charge < -0.3 is 10.4 Å². The third kappa shape index (κ3) is 4.50. The Hall–Kier alpha value is -0.670. The lowest BCUT2D eigenvalue weighted by Crippen LogP contribution is -2.48. The molecule has 0 aromatic rings. The standard InChI is InChI=1S/C18H36N3O5.ClH/c1-15(2)9-13(17(5,6)19(15)22)11-25-21(24)26-12-14-10-16(3,4)20(23)18(14,7)8;/h13-14,22-23H,9-12H2,1-8H3;1H/q+1;. The van der Waals surface area contributed by atoms with Crippen molar-refractivity contribution in [3.8, 4) is 0 Å². The van der Waals surface area contributed by atoms with Gasteiger partial charge in [-0.2, -0.15) is 19.8 Å². The Morgan fingerprint density at radius 3 is 1.33 bits per heavy atom. The molecule has 2 unspecified atom stereocenters. The summed E-state index contributed by atoms with van der Waals surface area (Å²) >= 11 is 0. The maximum absolute atomic E-state index is 12.0. The molecular formula is C18H37ClN3O5+. The lowest BCUT2D eigenvalue weighted by molar-refractivity contribution is -0.983. The number of nitrogens with zero attached hydrogens (tertiary/aromatic N) is 3. The van der Waals surface area contributed by atoms with Gasteiger partial charge in [-0.1, -0.05) is 0 Å². The van der Waals surface area contributed by atoms with E-state index < -0.39 is 11.1 Å². The smallest absolute Gasteiger partial charge is 0.313 e. The van der Waals surface area contributed by atoms with Crippen molar-refractivity contribution in [1.29, 1.82) is 0 Å². The van der Waals surface area contributed by atoms with Crippen LogP contribution in [-0.2, 0) is 9.68 Å². The first-order chi connectivity index (χ1) is 11.6. The van der Waals surface area contributed by atoms with E-state index in [1.54, 1.807) is 0 Å². The highest BCUT2D eigenvalue weighted by atomic mass is 35.5. The third-order valence-corrected chi connectivity index (χ3v) is 6.49. The molecule has 0 bridgehead atoms. The van der Waals surface area contributed by atoms with Crippen molar-refractivity contribution >= 4 is 12.4 Å². The Labute approximate surface area is 168 Å². The summed E-state index contributed by atoms with van der Waals surface area (Å²) in [6.07, 6.45) is 1.43. The topological polar surface area (TPSA) is 85.5 Å². The molecule has 9 heteroatoms. The van der Waals surface area contributed by atoms with Gasteiger partial charge in [0.25, 0.3) is 0 Å². The van der Waals surface area contributed by atoms with Crippen LogP contribution in [0, 0.1) is 16.7 Å². The number of halogens is 1. The molecule has 0 aliphatic carbocycles. The maximum atomic E-state index is 12.0. The van der Waals surface area contributed by atoms with E-state index >= 15 is 0 Å². The number of hydrogen-bond acceptors (Lipinski definition) is 7. The molecule has 2 aliphatic rings. The van der Waals surface area contributed by atoms with Gasteiger partial charge in [-0.15, -0.1) is 12.4 Å². The summed E-state index contributed by atoms with van der Waals surface area (Å²) in [5, 5.41) is 23.5. The van der Waals surface area contributed by atoms with Crippen LogP contribution in [0.25, 0.3) is 0 Å². The van der Waals surface area contributed by atoms with E-state index in [2.05, 4.69) is 0 Å². The Kier molecular flexibility index (Phi) is 6.89. The highest BCUT2D eigenvalue weighted by Gasteiger charge is 2.54. The minimum atomic E-state index is -0.487. The van der Waals surface area contributed by atoms with Gasteiger partial charge in [0.2, 0.25) is 0 Å². The summed E-state index contributed by atoms with van der Waals surface area (Å²) in [6, 6.07) is 0. The van der Waals surface area contributed by atoms with Crippen LogP contribution in [0.2, 0.25) is 0 Å². The van der Waals surface area contributed by atoms with Gasteiger partial charge in [-0.05, 0) is 68.2 Å². The Balaban J connectivity index is 0.00000364. The van der Waals surface area contributed by atoms with E-state index in [1.165, 1.54) is 10.1 Å². The van der Waals surface area contributed by atoms with Crippen LogP contribution < -0.4 is 0 Å². The summed E-state index contributed by atoms with van der Waals surface area (Å²) in [4.78, 5) is 22.5. The number of hydrogen-bond donors (Lipinski definition) is 2. The first kappa shape index (κ1) is 24.4. The molecule has 0 saturated carbocycles. The third-order valence-electron chi connectivity index (χ3n) is 6.49. The van der Waals surface area contributed by atoms with E-state index in [9.17, 15) is 15.3 Å². The van der Waals surface area contributed by atoms with Crippen molar-refractivity contribution in [2.75, 3.05) is 13.2 Å². The van der Waals surface area contributed by atoms with Crippen molar-refractivity contribution in [2.24, 2.45) is 11.8 Å². The summed E-state index contributed by atoms with van der Waals surface area (Å²) in [7, 11) is 0. The monoisotopic (exact) mass is 410 g/mol. The van der Waals surface area contributed by atoms with Gasteiger partial charge in [-0.3, -0.25) is 0 Å². The first-order valence-electron chi connectivity index (χ1n) is 9.34. The molecule has 2 heterocycles. The Morgan fingerprint density at radius 1 is 0.815 bits per heavy atom. The minimum absolute atomic E-state index is 0. The largest absolute Gasteiger partial charge is 0.477 e. The zero-order chi connectivity index (χ0) is 20.1. The maximum Gasteiger partial charge on any atom is 0.477 e. The van der Waals surface area contributed by atoms with Gasteiger partial charge in [0.15, 0.2) is 13.2 Å². The van der Waals surface area contributed by atoms with Crippen molar-refractivity contribution in [3.05, 3.63) is 4.91 Å². The highest BCUT2D eigenvalue weighted by molar-refractivity contribution is 5.85. The lowest BCUT2D eigenvalue weighted by atomic mass is 9.88. The molecule has 0 aromatic heterocycles. The molecule has 2 rings (SSSR count). The molecule has 0 aromatic carbocycles. The minimum Gasteiger partial charge on any atom is -0.313 e. The molecule has 2 atom stereocenters. The predicted molar refractivity (Wildman–Crippen MR) is 103 cm³/mol. The van der Waals surface area contributed by atoms with Crippen molar-refractivity contribution < 1.29 is 25.2 Å². The van der Waals surface area contributed by atoms with Crippen molar-refractivity contribution in [3.63, 3.8) is 0 Å². The van der Waals surface area contributed by atoms with Crippen molar-refractivity contribution in [1.82, 2.24) is 10.1 Å². The summed E-state index contributed by atoms with van der Waals surface area (Å²) in [6.45, 7) is 15.9. The average molecular weight is 411 g/mol. The van der Waals surface area contributed by atoms with Crippen LogP contribution in [0.4, 0.5) is 0 Å². The fraction of sp³-hybridized carbons (Fsp3) is 1.00. The molecular weight excluding hydrogens is 374 g/mol. The summed E-state index contributed by atoms with van der Waals surface area (Å²) in [5.74, 6) is -0.00493. The van der Waals surface area contributed by atoms with Gasteiger partial charge in [0.1, 0.15) is 4.91 Å². The second-order valence-electron chi connectivity index (χ2n) is 10.2. The second kappa shape index (κ2) is 7.63. The molecule has 27 heavy (non-hydrogen) atoms. The van der Waals surface area contributed by atoms with Gasteiger partial charge in [-0.25, -0.2) is 0 Å². The van der Waals surface area contributed by atoms with Crippen LogP contribution in [0.3, 0.4) is 0 Å². The molecule has 0 radical (unpaired) electrons. The van der Waals surface area contributed by atoms with Crippen LogP contribution in [0.5, 0.6) is 0 Å². The summed E-state index contributed by atoms with van der Waals surface area (Å²) in [5.41, 5.74) is -1.70. The zero-order valence-corrected chi connectivity index (χ0v) is 18.7. The van der Waals surface area contributed by atoms with Crippen LogP contribution >= 0.6 is 12.4 Å². The molecule has 0 amide bonds. The molecule has 2 N–H and O–H groups in total. The van der Waals surface area contributed by atoms with E-state index in [0.29, 0.717) is 12.8 Å². The molecule has 8 nitrogen and oxygen atoms in total. The van der Waals surface area contributed by atoms with Crippen LogP contribution in [-0.4, -0.2) is 61.0 Å². The first-order valence-corrected chi connectivity index (χ1v) is 9.34. The molecule has 2 aliphatic heterocycles. The van der Waals surface area contributed by atoms with E-state index in [0.717, 1.165) is 0 Å². The fourth-order valence-corrected chi connectivity index (χ4v) is 4.65. The van der Waals surface area contributed by atoms with Crippen LogP contribution in [0.15, 0.2) is 0 Å². The highest BCUT2D eigenvalue weighted by Crippen LogP contribution is 2.44. The zero-order valence-electron chi connectivity index (χ0n) is 17.9. The van der Waals surface area contributed by atoms with Gasteiger partial charge in [0, 0.05) is 34.0 Å². The predicted octanol–water partition coefficient (Wildman–Crippen LogP) is 3.59. The quantitative estimate of drug-likeness (QED) is 0.647. The van der Waals surface area contributed by atoms with Crippen molar-refractivity contribution in [2.45, 2.75) is 90.4 Å². The SMILES string of the molecule is CC1(C)CC(CO[N+](=O)OCC2CC(C)(C)N(O)C2(C)C)C(C)(C)N1O.Cl. The molecule has 160 valence electrons. The van der Waals surface area contributed by atoms with Gasteiger partial charge >= 0.3 is 5.09 Å². The average Bonchev–Trinajstić information content (AvgIpc) is 2.77. The van der Waals surface area contributed by atoms with E-state index in [1.807, 2.05) is 55.4 Å². The molecule has 2 fully saturated rings. The Morgan fingerprint density at radius 2 is 1.11 bits per heavy atom. The second-order valence-corrected chi connectivity index (χ2v) is 10.2. The molecule has 2 saturated heterocycles. The normalized spacial score (nSPS) is 31.3. The molecule has 0 spiro atoms. The van der Waals surface area contributed by atoms with E-state index in [-0.39, 0.29) is 53.6 Å². The lowest BCUT2D eigenvalue weighted by Gasteiger charge is -2.35. The van der Waals surface area contributed by atoms with E-state index in [4.69, 9.17) is 9.68 Å².